The molecule has 2 unspecified atom stereocenters. The van der Waals surface area contributed by atoms with Crippen LogP contribution in [0.4, 0.5) is 0 Å². The van der Waals surface area contributed by atoms with Crippen molar-refractivity contribution in [3.05, 3.63) is 59.7 Å². The minimum atomic E-state index is -0.188. The van der Waals surface area contributed by atoms with E-state index in [4.69, 9.17) is 9.47 Å². The topological polar surface area (TPSA) is 59.1 Å². The minimum Gasteiger partial charge on any atom is -0.497 e. The van der Waals surface area contributed by atoms with Gasteiger partial charge >= 0.3 is 0 Å². The first-order chi connectivity index (χ1) is 15.2. The summed E-state index contributed by atoms with van der Waals surface area (Å²) < 4.78 is 10.4. The molecule has 0 saturated heterocycles. The van der Waals surface area contributed by atoms with Crippen LogP contribution in [0.3, 0.4) is 0 Å². The van der Waals surface area contributed by atoms with Crippen molar-refractivity contribution in [1.82, 2.24) is 9.80 Å². The predicted molar refractivity (Wildman–Crippen MR) is 128 cm³/mol. The zero-order valence-corrected chi connectivity index (χ0v) is 20.1. The van der Waals surface area contributed by atoms with Crippen LogP contribution in [0.25, 0.3) is 0 Å². The van der Waals surface area contributed by atoms with Gasteiger partial charge in [-0.1, -0.05) is 0 Å². The van der Waals surface area contributed by atoms with Gasteiger partial charge in [-0.25, -0.2) is 0 Å². The Hall–Kier alpha value is -2.70. The lowest BCUT2D eigenvalue weighted by Gasteiger charge is -2.24. The molecule has 2 aromatic carbocycles. The number of carbonyl (C=O) groups excluding carboxylic acids is 2. The third-order valence-electron chi connectivity index (χ3n) is 5.53. The van der Waals surface area contributed by atoms with Gasteiger partial charge < -0.3 is 19.3 Å². The average Bonchev–Trinajstić information content (AvgIpc) is 2.79. The number of rotatable bonds is 13. The van der Waals surface area contributed by atoms with Crippen molar-refractivity contribution in [2.24, 2.45) is 11.8 Å². The molecule has 0 aliphatic rings. The standard InChI is InChI=1S/C26H36N2O4/c1-27(2)17-21(25(29)19-9-13-23(31-5)14-10-19)7-8-22(18-28(3)4)26(30)20-11-15-24(32-6)16-12-20/h9-16,21-22H,7-8,17-18H2,1-6H3. The summed E-state index contributed by atoms with van der Waals surface area (Å²) in [6, 6.07) is 14.5. The van der Waals surface area contributed by atoms with Gasteiger partial charge in [-0.3, -0.25) is 9.59 Å². The third kappa shape index (κ3) is 7.46. The smallest absolute Gasteiger partial charge is 0.167 e. The number of carbonyl (C=O) groups is 2. The van der Waals surface area contributed by atoms with Crippen LogP contribution in [0.1, 0.15) is 33.6 Å². The van der Waals surface area contributed by atoms with E-state index in [1.165, 1.54) is 0 Å². The second-order valence-corrected chi connectivity index (χ2v) is 8.68. The lowest BCUT2D eigenvalue weighted by molar-refractivity contribution is 0.0835. The van der Waals surface area contributed by atoms with Crippen molar-refractivity contribution >= 4 is 11.6 Å². The molecule has 2 aromatic rings. The molecular weight excluding hydrogens is 404 g/mol. The molecule has 6 heteroatoms. The zero-order chi connectivity index (χ0) is 23.7. The molecule has 0 fully saturated rings. The summed E-state index contributed by atoms with van der Waals surface area (Å²) in [5, 5.41) is 0. The molecule has 0 spiro atoms. The Morgan fingerprint density at radius 3 is 1.22 bits per heavy atom. The van der Waals surface area contributed by atoms with Crippen LogP contribution in [0.5, 0.6) is 11.5 Å². The van der Waals surface area contributed by atoms with E-state index >= 15 is 0 Å². The molecule has 0 saturated carbocycles. The quantitative estimate of drug-likeness (QED) is 0.440. The molecule has 0 bridgehead atoms. The number of ketones is 2. The Bertz CT molecular complexity index is 787. The maximum Gasteiger partial charge on any atom is 0.167 e. The molecule has 0 aliphatic carbocycles. The van der Waals surface area contributed by atoms with Crippen LogP contribution in [-0.2, 0) is 0 Å². The number of hydrogen-bond acceptors (Lipinski definition) is 6. The van der Waals surface area contributed by atoms with Crippen LogP contribution in [0.15, 0.2) is 48.5 Å². The molecule has 6 nitrogen and oxygen atoms in total. The maximum absolute atomic E-state index is 13.2. The first-order valence-electron chi connectivity index (χ1n) is 10.9. The van der Waals surface area contributed by atoms with Crippen molar-refractivity contribution in [1.29, 1.82) is 0 Å². The zero-order valence-electron chi connectivity index (χ0n) is 20.1. The molecule has 0 N–H and O–H groups in total. The van der Waals surface area contributed by atoms with Crippen molar-refractivity contribution < 1.29 is 19.1 Å². The number of benzene rings is 2. The van der Waals surface area contributed by atoms with Gasteiger partial charge in [0.25, 0.3) is 0 Å². The van der Waals surface area contributed by atoms with E-state index in [-0.39, 0.29) is 23.4 Å². The van der Waals surface area contributed by atoms with Crippen LogP contribution >= 0.6 is 0 Å². The summed E-state index contributed by atoms with van der Waals surface area (Å²) in [7, 11) is 11.1. The van der Waals surface area contributed by atoms with Gasteiger partial charge in [-0.05, 0) is 89.6 Å². The van der Waals surface area contributed by atoms with Crippen LogP contribution in [0.2, 0.25) is 0 Å². The third-order valence-corrected chi connectivity index (χ3v) is 5.53. The number of methoxy groups -OCH3 is 2. The van der Waals surface area contributed by atoms with Gasteiger partial charge in [0.1, 0.15) is 11.5 Å². The predicted octanol–water partition coefficient (Wildman–Crippen LogP) is 3.91. The maximum atomic E-state index is 13.2. The molecule has 174 valence electrons. The molecule has 0 aliphatic heterocycles. The Morgan fingerprint density at radius 2 is 0.969 bits per heavy atom. The fourth-order valence-electron chi connectivity index (χ4n) is 3.88. The molecule has 2 rings (SSSR count). The van der Waals surface area contributed by atoms with E-state index in [9.17, 15) is 9.59 Å². The second-order valence-electron chi connectivity index (χ2n) is 8.68. The highest BCUT2D eigenvalue weighted by Gasteiger charge is 2.26. The van der Waals surface area contributed by atoms with Gasteiger partial charge in [0.2, 0.25) is 0 Å². The second kappa shape index (κ2) is 12.4. The first kappa shape index (κ1) is 25.6. The highest BCUT2D eigenvalue weighted by atomic mass is 16.5. The van der Waals surface area contributed by atoms with Gasteiger partial charge in [-0.15, -0.1) is 0 Å². The van der Waals surface area contributed by atoms with Crippen molar-refractivity contribution in [2.45, 2.75) is 12.8 Å². The van der Waals surface area contributed by atoms with Gasteiger partial charge in [0.05, 0.1) is 14.2 Å². The minimum absolute atomic E-state index is 0.0989. The van der Waals surface area contributed by atoms with Crippen LogP contribution in [0, 0.1) is 11.8 Å². The largest absolute Gasteiger partial charge is 0.497 e. The molecular formula is C26H36N2O4. The van der Waals surface area contributed by atoms with E-state index in [0.717, 1.165) is 11.5 Å². The molecule has 2 atom stereocenters. The summed E-state index contributed by atoms with van der Waals surface area (Å²) in [5.41, 5.74) is 1.34. The summed E-state index contributed by atoms with van der Waals surface area (Å²) in [5.74, 6) is 1.27. The first-order valence-corrected chi connectivity index (χ1v) is 10.9. The number of ether oxygens (including phenoxy) is 2. The Kier molecular flexibility index (Phi) is 9.88. The van der Waals surface area contributed by atoms with E-state index in [1.54, 1.807) is 14.2 Å². The fraction of sp³-hybridized carbons (Fsp3) is 0.462. The monoisotopic (exact) mass is 440 g/mol. The van der Waals surface area contributed by atoms with E-state index in [0.29, 0.717) is 37.1 Å². The number of hydrogen-bond donors (Lipinski definition) is 0. The molecule has 0 heterocycles. The van der Waals surface area contributed by atoms with E-state index in [1.807, 2.05) is 86.5 Å². The average molecular weight is 441 g/mol. The summed E-state index contributed by atoms with van der Waals surface area (Å²) in [6.45, 7) is 1.27. The van der Waals surface area contributed by atoms with E-state index < -0.39 is 0 Å². The van der Waals surface area contributed by atoms with Gasteiger partial charge in [0.15, 0.2) is 11.6 Å². The highest BCUT2D eigenvalue weighted by Crippen LogP contribution is 2.24. The summed E-state index contributed by atoms with van der Waals surface area (Å²) >= 11 is 0. The Balaban J connectivity index is 2.17. The van der Waals surface area contributed by atoms with Gasteiger partial charge in [-0.2, -0.15) is 0 Å². The Labute approximate surface area is 192 Å². The highest BCUT2D eigenvalue weighted by molar-refractivity contribution is 5.99. The van der Waals surface area contributed by atoms with Crippen molar-refractivity contribution in [2.75, 3.05) is 55.5 Å². The number of nitrogens with zero attached hydrogens (tertiary/aromatic N) is 2. The van der Waals surface area contributed by atoms with Crippen LogP contribution in [-0.4, -0.2) is 76.9 Å². The molecule has 0 amide bonds. The lowest BCUT2D eigenvalue weighted by Crippen LogP contribution is -2.32. The van der Waals surface area contributed by atoms with Gasteiger partial charge in [0, 0.05) is 36.1 Å². The van der Waals surface area contributed by atoms with Crippen molar-refractivity contribution in [3.8, 4) is 11.5 Å². The summed E-state index contributed by atoms with van der Waals surface area (Å²) in [6.07, 6.45) is 1.28. The van der Waals surface area contributed by atoms with E-state index in [2.05, 4.69) is 0 Å². The molecule has 0 aromatic heterocycles. The molecule has 32 heavy (non-hydrogen) atoms. The van der Waals surface area contributed by atoms with Crippen LogP contribution < -0.4 is 9.47 Å². The fourth-order valence-corrected chi connectivity index (χ4v) is 3.88. The lowest BCUT2D eigenvalue weighted by atomic mass is 9.86. The molecule has 0 radical (unpaired) electrons. The number of Topliss-reactive ketones (excluding diaryl/α,β-unsaturated/α-hetero) is 2. The summed E-state index contributed by atoms with van der Waals surface area (Å²) in [4.78, 5) is 30.5. The van der Waals surface area contributed by atoms with Crippen molar-refractivity contribution in [3.63, 3.8) is 0 Å². The SMILES string of the molecule is COc1ccc(C(=O)C(CCC(CN(C)C)C(=O)c2ccc(OC)cc2)CN(C)C)cc1. The Morgan fingerprint density at radius 1 is 0.656 bits per heavy atom. The normalized spacial score (nSPS) is 13.1.